The second-order valence-electron chi connectivity index (χ2n) is 12.3. The number of amides is 4. The summed E-state index contributed by atoms with van der Waals surface area (Å²) in [7, 11) is 0. The Hall–Kier alpha value is -4.38. The monoisotopic (exact) mass is 590 g/mol. The van der Waals surface area contributed by atoms with E-state index in [1.807, 2.05) is 12.1 Å². The average molecular weight is 591 g/mol. The van der Waals surface area contributed by atoms with Gasteiger partial charge in [0.05, 0.1) is 0 Å². The van der Waals surface area contributed by atoms with Crippen molar-refractivity contribution >= 4 is 35.4 Å². The lowest BCUT2D eigenvalue weighted by Gasteiger charge is -2.35. The normalized spacial score (nSPS) is 17.7. The number of rotatable bonds is 9. The standard InChI is InChI=1S/C32H38N4O7/c1-18(2)26(33)31(42)43-17-36-25(37)14-13-24(30(36)41)35-16-23-20(7-6-8-22(23)29(35)40)15-34-28(39)27(38)19-9-11-21(12-10-19)32(3,4)5/h6-12,18,24,26H,13-17,33H2,1-5H3,(H,34,39). The van der Waals surface area contributed by atoms with Crippen LogP contribution in [0.5, 0.6) is 0 Å². The number of ketones is 1. The molecule has 2 aromatic rings. The fraction of sp³-hybridized carbons (Fsp3) is 0.438. The summed E-state index contributed by atoms with van der Waals surface area (Å²) in [5.74, 6) is -3.88. The third-order valence-electron chi connectivity index (χ3n) is 7.94. The van der Waals surface area contributed by atoms with Crippen molar-refractivity contribution in [1.82, 2.24) is 15.1 Å². The van der Waals surface area contributed by atoms with E-state index in [0.29, 0.717) is 16.7 Å². The van der Waals surface area contributed by atoms with Crippen molar-refractivity contribution in [1.29, 1.82) is 0 Å². The van der Waals surface area contributed by atoms with E-state index in [0.717, 1.165) is 10.5 Å². The summed E-state index contributed by atoms with van der Waals surface area (Å²) in [5, 5.41) is 2.65. The summed E-state index contributed by atoms with van der Waals surface area (Å²) in [5.41, 5.74) is 8.66. The molecule has 2 unspecified atom stereocenters. The number of fused-ring (bicyclic) bond motifs is 1. The van der Waals surface area contributed by atoms with E-state index < -0.39 is 48.3 Å². The number of nitrogens with zero attached hydrogens (tertiary/aromatic N) is 2. The summed E-state index contributed by atoms with van der Waals surface area (Å²) in [6, 6.07) is 10.1. The highest BCUT2D eigenvalue weighted by molar-refractivity contribution is 6.42. The third-order valence-corrected chi connectivity index (χ3v) is 7.94. The van der Waals surface area contributed by atoms with Gasteiger partial charge in [0.1, 0.15) is 12.1 Å². The first kappa shape index (κ1) is 31.6. The Labute approximate surface area is 250 Å². The molecule has 0 bridgehead atoms. The van der Waals surface area contributed by atoms with Crippen LogP contribution in [-0.2, 0) is 42.4 Å². The summed E-state index contributed by atoms with van der Waals surface area (Å²) < 4.78 is 5.14. The van der Waals surface area contributed by atoms with Crippen LogP contribution in [0.2, 0.25) is 0 Å². The van der Waals surface area contributed by atoms with Crippen molar-refractivity contribution in [2.24, 2.45) is 11.7 Å². The molecular formula is C32H38N4O7. The van der Waals surface area contributed by atoms with Crippen LogP contribution < -0.4 is 11.1 Å². The Bertz CT molecular complexity index is 1460. The molecule has 2 aromatic carbocycles. The van der Waals surface area contributed by atoms with E-state index in [1.165, 1.54) is 4.90 Å². The fourth-order valence-corrected chi connectivity index (χ4v) is 5.09. The Morgan fingerprint density at radius 1 is 1.05 bits per heavy atom. The van der Waals surface area contributed by atoms with Crippen LogP contribution >= 0.6 is 0 Å². The SMILES string of the molecule is CC(C)C(N)C(=O)OCN1C(=O)CCC(N2Cc3c(CNC(=O)C(=O)c4ccc(C(C)(C)C)cc4)cccc3C2=O)C1=O. The van der Waals surface area contributed by atoms with Crippen LogP contribution in [0.4, 0.5) is 0 Å². The second-order valence-corrected chi connectivity index (χ2v) is 12.3. The zero-order valence-electron chi connectivity index (χ0n) is 25.1. The summed E-state index contributed by atoms with van der Waals surface area (Å²) >= 11 is 0. The minimum Gasteiger partial charge on any atom is -0.443 e. The molecule has 2 aliphatic rings. The molecule has 2 atom stereocenters. The summed E-state index contributed by atoms with van der Waals surface area (Å²) in [4.78, 5) is 79.1. The van der Waals surface area contributed by atoms with Crippen molar-refractivity contribution in [2.75, 3.05) is 6.73 Å². The van der Waals surface area contributed by atoms with Gasteiger partial charge in [0.2, 0.25) is 11.7 Å². The van der Waals surface area contributed by atoms with Crippen molar-refractivity contribution in [3.63, 3.8) is 0 Å². The molecule has 1 saturated heterocycles. The van der Waals surface area contributed by atoms with Gasteiger partial charge < -0.3 is 20.7 Å². The van der Waals surface area contributed by atoms with Gasteiger partial charge in [-0.2, -0.15) is 0 Å². The number of hydrogen-bond acceptors (Lipinski definition) is 8. The molecule has 2 heterocycles. The number of ether oxygens (including phenoxy) is 1. The Morgan fingerprint density at radius 2 is 1.72 bits per heavy atom. The van der Waals surface area contributed by atoms with Gasteiger partial charge >= 0.3 is 5.97 Å². The Balaban J connectivity index is 1.42. The first-order chi connectivity index (χ1) is 20.2. The van der Waals surface area contributed by atoms with Gasteiger partial charge in [0, 0.05) is 30.6 Å². The molecule has 0 spiro atoms. The molecule has 2 aliphatic heterocycles. The zero-order valence-corrected chi connectivity index (χ0v) is 25.1. The topological polar surface area (TPSA) is 156 Å². The van der Waals surface area contributed by atoms with E-state index in [4.69, 9.17) is 10.5 Å². The van der Waals surface area contributed by atoms with E-state index in [9.17, 15) is 28.8 Å². The van der Waals surface area contributed by atoms with Crippen LogP contribution in [0.3, 0.4) is 0 Å². The average Bonchev–Trinajstić information content (AvgIpc) is 3.30. The maximum absolute atomic E-state index is 13.4. The number of carbonyl (C=O) groups excluding carboxylic acids is 6. The maximum Gasteiger partial charge on any atom is 0.324 e. The van der Waals surface area contributed by atoms with E-state index >= 15 is 0 Å². The van der Waals surface area contributed by atoms with Crippen LogP contribution in [0.1, 0.15) is 84.9 Å². The van der Waals surface area contributed by atoms with Gasteiger partial charge in [0.25, 0.3) is 17.7 Å². The number of imide groups is 1. The van der Waals surface area contributed by atoms with Gasteiger partial charge in [-0.25, -0.2) is 4.90 Å². The highest BCUT2D eigenvalue weighted by Gasteiger charge is 2.43. The number of piperidine rings is 1. The van der Waals surface area contributed by atoms with Gasteiger partial charge in [-0.15, -0.1) is 0 Å². The molecule has 0 aliphatic carbocycles. The second kappa shape index (κ2) is 12.5. The lowest BCUT2D eigenvalue weighted by molar-refractivity contribution is -0.165. The number of carbonyl (C=O) groups is 6. The molecule has 4 rings (SSSR count). The molecule has 228 valence electrons. The van der Waals surface area contributed by atoms with Crippen LogP contribution in [0, 0.1) is 5.92 Å². The van der Waals surface area contributed by atoms with Gasteiger partial charge in [-0.05, 0) is 40.5 Å². The minimum absolute atomic E-state index is 0.00419. The number of esters is 1. The molecular weight excluding hydrogens is 552 g/mol. The van der Waals surface area contributed by atoms with Crippen molar-refractivity contribution in [2.45, 2.75) is 78.0 Å². The Kier molecular flexibility index (Phi) is 9.15. The quantitative estimate of drug-likeness (QED) is 0.195. The number of benzene rings is 2. The minimum atomic E-state index is -0.935. The maximum atomic E-state index is 13.4. The lowest BCUT2D eigenvalue weighted by atomic mass is 9.86. The molecule has 11 nitrogen and oxygen atoms in total. The smallest absolute Gasteiger partial charge is 0.324 e. The molecule has 11 heteroatoms. The summed E-state index contributed by atoms with van der Waals surface area (Å²) in [6.07, 6.45) is 0.119. The first-order valence-electron chi connectivity index (χ1n) is 14.3. The zero-order chi connectivity index (χ0) is 31.6. The fourth-order valence-electron chi connectivity index (χ4n) is 5.09. The number of likely N-dealkylation sites (tertiary alicyclic amines) is 1. The number of hydrogen-bond donors (Lipinski definition) is 2. The highest BCUT2D eigenvalue weighted by atomic mass is 16.5. The predicted octanol–water partition coefficient (Wildman–Crippen LogP) is 2.44. The molecule has 3 N–H and O–H groups in total. The van der Waals surface area contributed by atoms with Crippen LogP contribution in [-0.4, -0.2) is 64.0 Å². The largest absolute Gasteiger partial charge is 0.443 e. The number of nitrogens with one attached hydrogen (secondary N) is 1. The predicted molar refractivity (Wildman–Crippen MR) is 156 cm³/mol. The molecule has 1 fully saturated rings. The number of nitrogens with two attached hydrogens (primary N) is 1. The molecule has 0 radical (unpaired) electrons. The summed E-state index contributed by atoms with van der Waals surface area (Å²) in [6.45, 7) is 9.18. The van der Waals surface area contributed by atoms with E-state index in [1.54, 1.807) is 44.2 Å². The van der Waals surface area contributed by atoms with Crippen LogP contribution in [0.25, 0.3) is 0 Å². The molecule has 0 aromatic heterocycles. The van der Waals surface area contributed by atoms with Crippen LogP contribution in [0.15, 0.2) is 42.5 Å². The first-order valence-corrected chi connectivity index (χ1v) is 14.3. The van der Waals surface area contributed by atoms with Gasteiger partial charge in [-0.1, -0.05) is 71.0 Å². The van der Waals surface area contributed by atoms with Crippen molar-refractivity contribution in [3.8, 4) is 0 Å². The molecule has 4 amide bonds. The van der Waals surface area contributed by atoms with Gasteiger partial charge in [0.15, 0.2) is 6.73 Å². The highest BCUT2D eigenvalue weighted by Crippen LogP contribution is 2.31. The third kappa shape index (κ3) is 6.67. The Morgan fingerprint density at radius 3 is 2.35 bits per heavy atom. The van der Waals surface area contributed by atoms with Gasteiger partial charge in [-0.3, -0.25) is 28.8 Å². The van der Waals surface area contributed by atoms with E-state index in [-0.39, 0.29) is 48.7 Å². The van der Waals surface area contributed by atoms with Crippen molar-refractivity contribution in [3.05, 3.63) is 70.3 Å². The molecule has 0 saturated carbocycles. The molecule has 43 heavy (non-hydrogen) atoms. The lowest BCUT2D eigenvalue weighted by Crippen LogP contribution is -2.55. The van der Waals surface area contributed by atoms with Crippen molar-refractivity contribution < 1.29 is 33.5 Å². The van der Waals surface area contributed by atoms with E-state index in [2.05, 4.69) is 26.1 Å². The number of Topliss-reactive ketones (excluding diaryl/α,β-unsaturated/α-hetero) is 1.